The summed E-state index contributed by atoms with van der Waals surface area (Å²) in [7, 11) is 0. The number of hydrogen-bond acceptors (Lipinski definition) is 3. The molecule has 1 aliphatic rings. The molecule has 0 N–H and O–H groups in total. The smallest absolute Gasteiger partial charge is 0.0425 e. The van der Waals surface area contributed by atoms with Gasteiger partial charge in [-0.05, 0) is 48.4 Å². The number of nitrogens with zero attached hydrogens (tertiary/aromatic N) is 3. The predicted molar refractivity (Wildman–Crippen MR) is 128 cm³/mol. The van der Waals surface area contributed by atoms with E-state index >= 15 is 0 Å². The molecule has 3 nitrogen and oxygen atoms in total. The summed E-state index contributed by atoms with van der Waals surface area (Å²) >= 11 is 0. The maximum atomic E-state index is 7.53. The molecule has 3 heterocycles. The second-order valence-corrected chi connectivity index (χ2v) is 7.32. The fraction of sp³-hybridized carbons (Fsp3) is 0.0690. The summed E-state index contributed by atoms with van der Waals surface area (Å²) in [5, 5.41) is 0. The number of rotatable bonds is 2. The van der Waals surface area contributed by atoms with Crippen LogP contribution in [0.4, 0.5) is 0 Å². The molecule has 33 heavy (non-hydrogen) atoms. The van der Waals surface area contributed by atoms with Crippen LogP contribution in [-0.2, 0) is 26.5 Å². The van der Waals surface area contributed by atoms with Crippen molar-refractivity contribution in [1.29, 1.82) is 0 Å². The average molecular weight is 607 g/mol. The third kappa shape index (κ3) is 4.98. The Kier molecular flexibility index (Phi) is 6.02. The van der Waals surface area contributed by atoms with Gasteiger partial charge < -0.3 is 9.97 Å². The van der Waals surface area contributed by atoms with Crippen molar-refractivity contribution in [3.63, 3.8) is 0 Å². The van der Waals surface area contributed by atoms with E-state index in [2.05, 4.69) is 27.1 Å². The molecule has 0 amide bonds. The molecule has 163 valence electrons. The number of fused-ring (bicyclic) bond motifs is 3. The molecule has 0 saturated carbocycles. The fourth-order valence-electron chi connectivity index (χ4n) is 3.83. The van der Waals surface area contributed by atoms with Gasteiger partial charge in [0.25, 0.3) is 0 Å². The average Bonchev–Trinajstić information content (AvgIpc) is 3.28. The zero-order valence-corrected chi connectivity index (χ0v) is 20.0. The molecule has 5 aromatic rings. The first-order valence-corrected chi connectivity index (χ1v) is 10.3. The molecule has 0 atom stereocenters. The minimum Gasteiger partial charge on any atom is -0.305 e. The van der Waals surface area contributed by atoms with Crippen molar-refractivity contribution < 1.29 is 24.2 Å². The van der Waals surface area contributed by atoms with Crippen LogP contribution in [-0.4, -0.2) is 15.0 Å². The van der Waals surface area contributed by atoms with Crippen molar-refractivity contribution in [2.75, 3.05) is 0 Å². The van der Waals surface area contributed by atoms with E-state index in [0.29, 0.717) is 6.42 Å². The Bertz CT molecular complexity index is 1400. The van der Waals surface area contributed by atoms with Crippen LogP contribution in [0.25, 0.3) is 33.6 Å². The van der Waals surface area contributed by atoms with E-state index in [1.165, 1.54) is 0 Å². The van der Waals surface area contributed by atoms with Crippen molar-refractivity contribution in [3.05, 3.63) is 126 Å². The van der Waals surface area contributed by atoms with Crippen LogP contribution in [0.2, 0.25) is 0 Å². The van der Waals surface area contributed by atoms with Crippen molar-refractivity contribution in [3.8, 4) is 33.6 Å². The Balaban J connectivity index is 0.000000198. The van der Waals surface area contributed by atoms with Gasteiger partial charge in [-0.15, -0.1) is 65.2 Å². The zero-order chi connectivity index (χ0) is 24.3. The molecule has 0 spiro atoms. The van der Waals surface area contributed by atoms with Crippen LogP contribution in [0.1, 0.15) is 21.1 Å². The summed E-state index contributed by atoms with van der Waals surface area (Å²) in [6, 6.07) is 33.2. The van der Waals surface area contributed by atoms with Crippen LogP contribution in [0.5, 0.6) is 0 Å². The minimum atomic E-state index is -2.18. The van der Waals surface area contributed by atoms with Gasteiger partial charge in [0.2, 0.25) is 0 Å². The SMILES string of the molecule is [2H]C([2H])([2H])c1ccc2c(n1)Cc1c(-c3ccccn3)[c-]ccc1-2.[Ir].[c-]1ccccc1-c1ccccn1. The molecule has 0 aliphatic heterocycles. The van der Waals surface area contributed by atoms with Gasteiger partial charge in [-0.3, -0.25) is 4.98 Å². The number of aryl methyl sites for hydroxylation is 1. The largest absolute Gasteiger partial charge is 0.305 e. The Hall–Kier alpha value is -3.46. The molecule has 3 aromatic heterocycles. The molecular weight excluding hydrogens is 583 g/mol. The van der Waals surface area contributed by atoms with E-state index in [1.807, 2.05) is 78.9 Å². The molecule has 0 bridgehead atoms. The molecule has 2 aromatic carbocycles. The Morgan fingerprint density at radius 2 is 1.55 bits per heavy atom. The van der Waals surface area contributed by atoms with Crippen LogP contribution in [0.15, 0.2) is 97.3 Å². The van der Waals surface area contributed by atoms with Crippen molar-refractivity contribution in [2.45, 2.75) is 13.3 Å². The van der Waals surface area contributed by atoms with Crippen LogP contribution in [0.3, 0.4) is 0 Å². The first-order valence-electron chi connectivity index (χ1n) is 11.8. The first-order chi connectivity index (χ1) is 17.0. The summed E-state index contributed by atoms with van der Waals surface area (Å²) in [6.45, 7) is -2.18. The minimum absolute atomic E-state index is 0. The molecule has 0 fully saturated rings. The summed E-state index contributed by atoms with van der Waals surface area (Å²) in [6.07, 6.45) is 4.16. The van der Waals surface area contributed by atoms with Crippen LogP contribution < -0.4 is 0 Å². The molecule has 6 rings (SSSR count). The quantitative estimate of drug-likeness (QED) is 0.215. The third-order valence-electron chi connectivity index (χ3n) is 5.28. The number of benzene rings is 2. The van der Waals surface area contributed by atoms with E-state index in [-0.39, 0.29) is 25.8 Å². The van der Waals surface area contributed by atoms with Crippen molar-refractivity contribution >= 4 is 0 Å². The molecule has 4 heteroatoms. The van der Waals surface area contributed by atoms with Gasteiger partial charge in [0.1, 0.15) is 0 Å². The van der Waals surface area contributed by atoms with Crippen molar-refractivity contribution in [1.82, 2.24) is 15.0 Å². The normalized spacial score (nSPS) is 12.5. The Labute approximate surface area is 212 Å². The second-order valence-electron chi connectivity index (χ2n) is 7.32. The van der Waals surface area contributed by atoms with Gasteiger partial charge >= 0.3 is 0 Å². The zero-order valence-electron chi connectivity index (χ0n) is 20.6. The summed E-state index contributed by atoms with van der Waals surface area (Å²) in [4.78, 5) is 13.0. The standard InChI is InChI=1S/C18H13N2.C11H8N.Ir/c1-12-8-9-15-13-5-4-6-14(16(13)11-18(15)20-12)17-7-2-3-10-19-17;1-2-6-10(7-3-1)11-8-4-5-9-12-11;/h2-5,7-10H,11H2,1H3;1-6,8-9H;/q2*-1;/i1D3;;. The molecule has 1 radical (unpaired) electrons. The Morgan fingerprint density at radius 3 is 2.24 bits per heavy atom. The fourth-order valence-corrected chi connectivity index (χ4v) is 3.83. The van der Waals surface area contributed by atoms with Crippen LogP contribution >= 0.6 is 0 Å². The van der Waals surface area contributed by atoms with Gasteiger partial charge in [0.15, 0.2) is 0 Å². The molecule has 1 aliphatic carbocycles. The predicted octanol–water partition coefficient (Wildman–Crippen LogP) is 6.37. The van der Waals surface area contributed by atoms with Gasteiger partial charge in [0, 0.05) is 48.0 Å². The number of aromatic nitrogens is 3. The van der Waals surface area contributed by atoms with Gasteiger partial charge in [-0.2, -0.15) is 0 Å². The van der Waals surface area contributed by atoms with Gasteiger partial charge in [0.05, 0.1) is 0 Å². The van der Waals surface area contributed by atoms with E-state index in [0.717, 1.165) is 44.9 Å². The second kappa shape index (κ2) is 10.4. The molecular formula is C29H21IrN3-2. The van der Waals surface area contributed by atoms with E-state index in [1.54, 1.807) is 18.5 Å². The topological polar surface area (TPSA) is 38.7 Å². The number of pyridine rings is 3. The monoisotopic (exact) mass is 607 g/mol. The van der Waals surface area contributed by atoms with Crippen molar-refractivity contribution in [2.24, 2.45) is 0 Å². The van der Waals surface area contributed by atoms with E-state index in [4.69, 9.17) is 4.11 Å². The number of hydrogen-bond donors (Lipinski definition) is 0. The molecule has 0 unspecified atom stereocenters. The van der Waals surface area contributed by atoms with E-state index in [9.17, 15) is 0 Å². The summed E-state index contributed by atoms with van der Waals surface area (Å²) in [5.41, 5.74) is 7.98. The maximum Gasteiger partial charge on any atom is 0.0425 e. The Morgan fingerprint density at radius 1 is 0.758 bits per heavy atom. The van der Waals surface area contributed by atoms with Gasteiger partial charge in [-0.25, -0.2) is 0 Å². The maximum absolute atomic E-state index is 7.53. The van der Waals surface area contributed by atoms with E-state index < -0.39 is 6.85 Å². The summed E-state index contributed by atoms with van der Waals surface area (Å²) < 4.78 is 22.6. The third-order valence-corrected chi connectivity index (χ3v) is 5.28. The van der Waals surface area contributed by atoms with Crippen LogP contribution in [0, 0.1) is 19.0 Å². The summed E-state index contributed by atoms with van der Waals surface area (Å²) in [5.74, 6) is 0. The first kappa shape index (κ1) is 19.0. The van der Waals surface area contributed by atoms with Gasteiger partial charge in [-0.1, -0.05) is 35.9 Å². The molecule has 0 saturated heterocycles.